The van der Waals surface area contributed by atoms with Crippen LogP contribution < -0.4 is 5.32 Å². The van der Waals surface area contributed by atoms with Gasteiger partial charge in [-0.15, -0.1) is 0 Å². The van der Waals surface area contributed by atoms with Crippen molar-refractivity contribution < 1.29 is 9.59 Å². The number of likely N-dealkylation sites (N-methyl/N-ethyl adjacent to an activating group) is 1. The van der Waals surface area contributed by atoms with Gasteiger partial charge in [-0.2, -0.15) is 0 Å². The van der Waals surface area contributed by atoms with Crippen molar-refractivity contribution in [1.29, 1.82) is 0 Å². The third-order valence-corrected chi connectivity index (χ3v) is 3.57. The van der Waals surface area contributed by atoms with Crippen LogP contribution in [0.5, 0.6) is 0 Å². The lowest BCUT2D eigenvalue weighted by Crippen LogP contribution is -2.34. The minimum atomic E-state index is -0.495. The van der Waals surface area contributed by atoms with Crippen molar-refractivity contribution in [1.82, 2.24) is 4.90 Å². The van der Waals surface area contributed by atoms with Crippen LogP contribution in [0.1, 0.15) is 12.5 Å². The van der Waals surface area contributed by atoms with E-state index in [1.165, 1.54) is 4.90 Å². The number of nitrogens with zero attached hydrogens (tertiary/aromatic N) is 1. The molecule has 0 radical (unpaired) electrons. The van der Waals surface area contributed by atoms with Gasteiger partial charge >= 0.3 is 0 Å². The number of rotatable bonds is 3. The maximum Gasteiger partial charge on any atom is 0.290 e. The maximum atomic E-state index is 11.8. The average molecular weight is 250 g/mol. The summed E-state index contributed by atoms with van der Waals surface area (Å²) in [6.45, 7) is 4.23. The molecule has 1 aliphatic rings. The van der Waals surface area contributed by atoms with Crippen LogP contribution in [0.25, 0.3) is 0 Å². The first-order chi connectivity index (χ1) is 8.11. The van der Waals surface area contributed by atoms with Crippen LogP contribution in [0.4, 0.5) is 10.5 Å². The van der Waals surface area contributed by atoms with E-state index in [2.05, 4.69) is 5.32 Å². The van der Waals surface area contributed by atoms with Crippen LogP contribution in [0.2, 0.25) is 0 Å². The van der Waals surface area contributed by atoms with Crippen molar-refractivity contribution in [2.75, 3.05) is 11.9 Å². The van der Waals surface area contributed by atoms with Gasteiger partial charge < -0.3 is 5.32 Å². The molecule has 4 nitrogen and oxygen atoms in total. The second-order valence-electron chi connectivity index (χ2n) is 3.86. The molecule has 1 heterocycles. The minimum Gasteiger partial charge on any atom is -0.365 e. The smallest absolute Gasteiger partial charge is 0.290 e. The average Bonchev–Trinajstić information content (AvgIpc) is 2.57. The quantitative estimate of drug-likeness (QED) is 0.895. The topological polar surface area (TPSA) is 49.4 Å². The SMILES string of the molecule is CCN1C(=O)S[C@H](Nc2ccc(C)cc2)C1=O. The van der Waals surface area contributed by atoms with E-state index in [1.807, 2.05) is 31.2 Å². The Kier molecular flexibility index (Phi) is 3.38. The summed E-state index contributed by atoms with van der Waals surface area (Å²) in [5, 5.41) is 2.39. The normalized spacial score (nSPS) is 19.9. The monoisotopic (exact) mass is 250 g/mol. The van der Waals surface area contributed by atoms with Crippen LogP contribution in [-0.2, 0) is 4.79 Å². The number of carbonyl (C=O) groups is 2. The molecular weight excluding hydrogens is 236 g/mol. The molecule has 2 amide bonds. The third kappa shape index (κ3) is 2.44. The molecule has 1 saturated heterocycles. The van der Waals surface area contributed by atoms with Crippen LogP contribution in [0.3, 0.4) is 0 Å². The summed E-state index contributed by atoms with van der Waals surface area (Å²) in [7, 11) is 0. The Bertz CT molecular complexity index is 444. The highest BCUT2D eigenvalue weighted by molar-refractivity contribution is 8.15. The van der Waals surface area contributed by atoms with Gasteiger partial charge in [0.25, 0.3) is 11.1 Å². The van der Waals surface area contributed by atoms with E-state index >= 15 is 0 Å². The fourth-order valence-electron chi connectivity index (χ4n) is 1.62. The number of hydrogen-bond donors (Lipinski definition) is 1. The lowest BCUT2D eigenvalue weighted by molar-refractivity contribution is -0.126. The molecule has 0 unspecified atom stereocenters. The summed E-state index contributed by atoms with van der Waals surface area (Å²) in [6.07, 6.45) is 0. The number of imide groups is 1. The van der Waals surface area contributed by atoms with Crippen molar-refractivity contribution in [3.63, 3.8) is 0 Å². The molecular formula is C12H14N2O2S. The second-order valence-corrected chi connectivity index (χ2v) is 4.91. The van der Waals surface area contributed by atoms with E-state index in [-0.39, 0.29) is 11.1 Å². The number of amides is 2. The Morgan fingerprint density at radius 3 is 2.47 bits per heavy atom. The first kappa shape index (κ1) is 12.0. The molecule has 0 bridgehead atoms. The summed E-state index contributed by atoms with van der Waals surface area (Å²) in [5.74, 6) is -0.164. The molecule has 1 aromatic rings. The minimum absolute atomic E-state index is 0.164. The van der Waals surface area contributed by atoms with Gasteiger partial charge in [0.1, 0.15) is 0 Å². The molecule has 1 atom stereocenters. The zero-order chi connectivity index (χ0) is 12.4. The number of hydrogen-bond acceptors (Lipinski definition) is 4. The zero-order valence-corrected chi connectivity index (χ0v) is 10.6. The summed E-state index contributed by atoms with van der Waals surface area (Å²) in [6, 6.07) is 7.74. The molecule has 0 spiro atoms. The highest BCUT2D eigenvalue weighted by Crippen LogP contribution is 2.27. The Morgan fingerprint density at radius 2 is 1.94 bits per heavy atom. The Labute approximate surface area is 104 Å². The molecule has 0 saturated carbocycles. The highest BCUT2D eigenvalue weighted by atomic mass is 32.2. The molecule has 0 aromatic heterocycles. The van der Waals surface area contributed by atoms with Crippen molar-refractivity contribution in [3.05, 3.63) is 29.8 Å². The molecule has 2 rings (SSSR count). The van der Waals surface area contributed by atoms with Crippen LogP contribution in [0, 0.1) is 6.92 Å². The van der Waals surface area contributed by atoms with E-state index in [1.54, 1.807) is 6.92 Å². The Balaban J connectivity index is 2.08. The van der Waals surface area contributed by atoms with E-state index < -0.39 is 5.37 Å². The van der Waals surface area contributed by atoms with E-state index in [0.29, 0.717) is 6.54 Å². The highest BCUT2D eigenvalue weighted by Gasteiger charge is 2.38. The number of carbonyl (C=O) groups excluding carboxylic acids is 2. The molecule has 1 aliphatic heterocycles. The van der Waals surface area contributed by atoms with Gasteiger partial charge in [-0.1, -0.05) is 17.7 Å². The molecule has 0 aliphatic carbocycles. The number of nitrogens with one attached hydrogen (secondary N) is 1. The van der Waals surface area contributed by atoms with E-state index in [0.717, 1.165) is 23.0 Å². The fraction of sp³-hybridized carbons (Fsp3) is 0.333. The van der Waals surface area contributed by atoms with Crippen molar-refractivity contribution in [2.45, 2.75) is 19.2 Å². The van der Waals surface area contributed by atoms with Crippen LogP contribution in [-0.4, -0.2) is 28.0 Å². The largest absolute Gasteiger partial charge is 0.365 e. The lowest BCUT2D eigenvalue weighted by Gasteiger charge is -2.12. The standard InChI is InChI=1S/C12H14N2O2S/c1-3-14-11(15)10(17-12(14)16)13-9-6-4-8(2)5-7-9/h4-7,10,13H,3H2,1-2H3/t10-/m0/s1. The molecule has 5 heteroatoms. The van der Waals surface area contributed by atoms with Gasteiger partial charge in [0.2, 0.25) is 0 Å². The van der Waals surface area contributed by atoms with Crippen molar-refractivity contribution >= 4 is 28.6 Å². The van der Waals surface area contributed by atoms with Crippen LogP contribution >= 0.6 is 11.8 Å². The maximum absolute atomic E-state index is 11.8. The summed E-state index contributed by atoms with van der Waals surface area (Å²) in [5.41, 5.74) is 2.01. The first-order valence-electron chi connectivity index (χ1n) is 5.47. The summed E-state index contributed by atoms with van der Waals surface area (Å²) < 4.78 is 0. The Morgan fingerprint density at radius 1 is 1.29 bits per heavy atom. The van der Waals surface area contributed by atoms with Gasteiger partial charge in [-0.05, 0) is 37.7 Å². The zero-order valence-electron chi connectivity index (χ0n) is 9.77. The molecule has 1 N–H and O–H groups in total. The predicted octanol–water partition coefficient (Wildman–Crippen LogP) is 2.45. The molecule has 90 valence electrons. The van der Waals surface area contributed by atoms with Crippen molar-refractivity contribution in [3.8, 4) is 0 Å². The number of thioether (sulfide) groups is 1. The van der Waals surface area contributed by atoms with Gasteiger partial charge in [-0.3, -0.25) is 14.5 Å². The molecule has 17 heavy (non-hydrogen) atoms. The van der Waals surface area contributed by atoms with Gasteiger partial charge in [-0.25, -0.2) is 0 Å². The fourth-order valence-corrected chi connectivity index (χ4v) is 2.59. The lowest BCUT2D eigenvalue weighted by atomic mass is 10.2. The van der Waals surface area contributed by atoms with Gasteiger partial charge in [0, 0.05) is 12.2 Å². The van der Waals surface area contributed by atoms with Crippen LogP contribution in [0.15, 0.2) is 24.3 Å². The molecule has 1 fully saturated rings. The Hall–Kier alpha value is -1.49. The third-order valence-electron chi connectivity index (χ3n) is 2.59. The van der Waals surface area contributed by atoms with E-state index in [9.17, 15) is 9.59 Å². The summed E-state index contributed by atoms with van der Waals surface area (Å²) in [4.78, 5) is 24.6. The summed E-state index contributed by atoms with van der Waals surface area (Å²) >= 11 is 1.03. The number of benzene rings is 1. The van der Waals surface area contributed by atoms with E-state index in [4.69, 9.17) is 0 Å². The van der Waals surface area contributed by atoms with Gasteiger partial charge in [0.05, 0.1) is 0 Å². The number of anilines is 1. The predicted molar refractivity (Wildman–Crippen MR) is 69.0 cm³/mol. The van der Waals surface area contributed by atoms with Crippen molar-refractivity contribution in [2.24, 2.45) is 0 Å². The number of aryl methyl sites for hydroxylation is 1. The van der Waals surface area contributed by atoms with Gasteiger partial charge in [0.15, 0.2) is 5.37 Å². The first-order valence-corrected chi connectivity index (χ1v) is 6.35. The molecule has 1 aromatic carbocycles. The second kappa shape index (κ2) is 4.79.